The first kappa shape index (κ1) is 13.0. The van der Waals surface area contributed by atoms with Crippen LogP contribution in [0.3, 0.4) is 0 Å². The van der Waals surface area contributed by atoms with Crippen LogP contribution in [0.1, 0.15) is 10.4 Å². The van der Waals surface area contributed by atoms with Gasteiger partial charge in [0.2, 0.25) is 5.91 Å². The number of fused-ring (bicyclic) bond motifs is 1. The van der Waals surface area contributed by atoms with E-state index in [2.05, 4.69) is 17.4 Å². The Labute approximate surface area is 122 Å². The highest BCUT2D eigenvalue weighted by atomic mass is 16.1. The summed E-state index contributed by atoms with van der Waals surface area (Å²) in [5.74, 6) is -0.488. The van der Waals surface area contributed by atoms with Gasteiger partial charge in [-0.3, -0.25) is 4.79 Å². The van der Waals surface area contributed by atoms with Crippen LogP contribution in [0.5, 0.6) is 0 Å². The molecule has 104 valence electrons. The van der Waals surface area contributed by atoms with Crippen LogP contribution in [0.4, 0.5) is 17.1 Å². The highest BCUT2D eigenvalue weighted by Crippen LogP contribution is 2.29. The molecule has 0 spiro atoms. The molecule has 0 saturated carbocycles. The van der Waals surface area contributed by atoms with Crippen molar-refractivity contribution in [3.05, 3.63) is 66.2 Å². The topological polar surface area (TPSA) is 81.1 Å². The van der Waals surface area contributed by atoms with Crippen LogP contribution in [0.2, 0.25) is 0 Å². The number of primary amides is 1. The summed E-state index contributed by atoms with van der Waals surface area (Å²) in [6.45, 7) is 0. The molecule has 0 fully saturated rings. The van der Waals surface area contributed by atoms with E-state index >= 15 is 0 Å². The van der Waals surface area contributed by atoms with Crippen LogP contribution in [-0.4, -0.2) is 5.91 Å². The monoisotopic (exact) mass is 277 g/mol. The van der Waals surface area contributed by atoms with Gasteiger partial charge in [-0.05, 0) is 29.7 Å². The van der Waals surface area contributed by atoms with Crippen molar-refractivity contribution in [2.24, 2.45) is 5.73 Å². The standard InChI is InChI=1S/C17H15N3O/c18-14-10-12(17(19)21)8-9-16(14)20-15-7-3-5-11-4-1-2-6-13(11)15/h1-10,20H,18H2,(H2,19,21). The van der Waals surface area contributed by atoms with Crippen molar-refractivity contribution >= 4 is 33.7 Å². The summed E-state index contributed by atoms with van der Waals surface area (Å²) >= 11 is 0. The Bertz CT molecular complexity index is 822. The maximum Gasteiger partial charge on any atom is 0.248 e. The van der Waals surface area contributed by atoms with Crippen LogP contribution in [0, 0.1) is 0 Å². The molecule has 0 aliphatic heterocycles. The minimum absolute atomic E-state index is 0.399. The zero-order valence-electron chi connectivity index (χ0n) is 11.3. The first-order valence-corrected chi connectivity index (χ1v) is 6.59. The molecule has 0 atom stereocenters. The molecule has 0 saturated heterocycles. The molecule has 1 amide bonds. The minimum atomic E-state index is -0.488. The number of anilines is 3. The minimum Gasteiger partial charge on any atom is -0.397 e. The lowest BCUT2D eigenvalue weighted by Crippen LogP contribution is -2.11. The van der Waals surface area contributed by atoms with Gasteiger partial charge in [0.1, 0.15) is 0 Å². The number of nitrogens with one attached hydrogen (secondary N) is 1. The molecule has 3 aromatic rings. The number of carbonyl (C=O) groups is 1. The van der Waals surface area contributed by atoms with Gasteiger partial charge in [-0.15, -0.1) is 0 Å². The second kappa shape index (κ2) is 5.17. The third-order valence-electron chi connectivity index (χ3n) is 3.40. The van der Waals surface area contributed by atoms with Crippen molar-refractivity contribution in [3.63, 3.8) is 0 Å². The first-order chi connectivity index (χ1) is 10.1. The molecule has 0 aliphatic rings. The molecule has 3 aromatic carbocycles. The lowest BCUT2D eigenvalue weighted by atomic mass is 10.1. The molecule has 0 radical (unpaired) electrons. The first-order valence-electron chi connectivity index (χ1n) is 6.59. The van der Waals surface area contributed by atoms with E-state index in [4.69, 9.17) is 11.5 Å². The van der Waals surface area contributed by atoms with Crippen molar-refractivity contribution in [1.82, 2.24) is 0 Å². The van der Waals surface area contributed by atoms with Crippen LogP contribution in [-0.2, 0) is 0 Å². The van der Waals surface area contributed by atoms with E-state index in [9.17, 15) is 4.79 Å². The highest BCUT2D eigenvalue weighted by molar-refractivity contribution is 5.98. The summed E-state index contributed by atoms with van der Waals surface area (Å²) in [6.07, 6.45) is 0. The lowest BCUT2D eigenvalue weighted by Gasteiger charge is -2.12. The van der Waals surface area contributed by atoms with Gasteiger partial charge in [0, 0.05) is 16.6 Å². The maximum atomic E-state index is 11.1. The number of nitrogens with two attached hydrogens (primary N) is 2. The highest BCUT2D eigenvalue weighted by Gasteiger charge is 2.06. The molecule has 0 aliphatic carbocycles. The van der Waals surface area contributed by atoms with Gasteiger partial charge < -0.3 is 16.8 Å². The summed E-state index contributed by atoms with van der Waals surface area (Å²) in [5, 5.41) is 5.56. The van der Waals surface area contributed by atoms with E-state index in [-0.39, 0.29) is 0 Å². The number of carbonyl (C=O) groups excluding carboxylic acids is 1. The molecule has 0 unspecified atom stereocenters. The van der Waals surface area contributed by atoms with Gasteiger partial charge in [0.25, 0.3) is 0 Å². The summed E-state index contributed by atoms with van der Waals surface area (Å²) in [5.41, 5.74) is 13.8. The second-order valence-corrected chi connectivity index (χ2v) is 4.82. The summed E-state index contributed by atoms with van der Waals surface area (Å²) in [6, 6.07) is 19.1. The Morgan fingerprint density at radius 2 is 1.67 bits per heavy atom. The number of amides is 1. The fraction of sp³-hybridized carbons (Fsp3) is 0. The van der Waals surface area contributed by atoms with Gasteiger partial charge >= 0.3 is 0 Å². The lowest BCUT2D eigenvalue weighted by molar-refractivity contribution is 0.100. The molecule has 3 rings (SSSR count). The quantitative estimate of drug-likeness (QED) is 0.643. The van der Waals surface area contributed by atoms with Crippen molar-refractivity contribution in [2.75, 3.05) is 11.1 Å². The molecule has 0 heterocycles. The van der Waals surface area contributed by atoms with E-state index in [0.717, 1.165) is 22.1 Å². The normalized spacial score (nSPS) is 10.5. The Kier molecular flexibility index (Phi) is 3.20. The molecular formula is C17H15N3O. The summed E-state index contributed by atoms with van der Waals surface area (Å²) in [7, 11) is 0. The SMILES string of the molecule is NC(=O)c1ccc(Nc2cccc3ccccc23)c(N)c1. The molecule has 4 heteroatoms. The van der Waals surface area contributed by atoms with E-state index in [1.165, 1.54) is 0 Å². The molecule has 21 heavy (non-hydrogen) atoms. The van der Waals surface area contributed by atoms with E-state index in [1.807, 2.05) is 30.3 Å². The van der Waals surface area contributed by atoms with Crippen LogP contribution < -0.4 is 16.8 Å². The van der Waals surface area contributed by atoms with Gasteiger partial charge in [-0.25, -0.2) is 0 Å². The van der Waals surface area contributed by atoms with E-state index in [1.54, 1.807) is 18.2 Å². The zero-order chi connectivity index (χ0) is 14.8. The van der Waals surface area contributed by atoms with Crippen molar-refractivity contribution in [2.45, 2.75) is 0 Å². The summed E-state index contributed by atoms with van der Waals surface area (Å²) < 4.78 is 0. The fourth-order valence-electron chi connectivity index (χ4n) is 2.31. The molecule has 0 bridgehead atoms. The predicted molar refractivity (Wildman–Crippen MR) is 86.6 cm³/mol. The number of hydrogen-bond donors (Lipinski definition) is 3. The molecule has 5 N–H and O–H groups in total. The predicted octanol–water partition coefficient (Wildman–Crippen LogP) is 3.26. The fourth-order valence-corrected chi connectivity index (χ4v) is 2.31. The Hall–Kier alpha value is -3.01. The largest absolute Gasteiger partial charge is 0.397 e. The van der Waals surface area contributed by atoms with Gasteiger partial charge in [0.05, 0.1) is 11.4 Å². The molecule has 0 aromatic heterocycles. The third kappa shape index (κ3) is 2.51. The number of benzene rings is 3. The van der Waals surface area contributed by atoms with Gasteiger partial charge in [0.15, 0.2) is 0 Å². The Morgan fingerprint density at radius 3 is 2.43 bits per heavy atom. The average molecular weight is 277 g/mol. The van der Waals surface area contributed by atoms with Crippen LogP contribution in [0.25, 0.3) is 10.8 Å². The van der Waals surface area contributed by atoms with Gasteiger partial charge in [-0.2, -0.15) is 0 Å². The average Bonchev–Trinajstić information content (AvgIpc) is 2.49. The van der Waals surface area contributed by atoms with Crippen molar-refractivity contribution in [3.8, 4) is 0 Å². The third-order valence-corrected chi connectivity index (χ3v) is 3.40. The number of rotatable bonds is 3. The molecule has 4 nitrogen and oxygen atoms in total. The van der Waals surface area contributed by atoms with E-state index in [0.29, 0.717) is 11.3 Å². The second-order valence-electron chi connectivity index (χ2n) is 4.82. The zero-order valence-corrected chi connectivity index (χ0v) is 11.3. The van der Waals surface area contributed by atoms with Crippen LogP contribution in [0.15, 0.2) is 60.7 Å². The Balaban J connectivity index is 2.01. The number of hydrogen-bond acceptors (Lipinski definition) is 3. The maximum absolute atomic E-state index is 11.1. The van der Waals surface area contributed by atoms with Crippen molar-refractivity contribution < 1.29 is 4.79 Å². The van der Waals surface area contributed by atoms with Crippen molar-refractivity contribution in [1.29, 1.82) is 0 Å². The number of nitrogen functional groups attached to an aromatic ring is 1. The van der Waals surface area contributed by atoms with Gasteiger partial charge in [-0.1, -0.05) is 36.4 Å². The summed E-state index contributed by atoms with van der Waals surface area (Å²) in [4.78, 5) is 11.1. The van der Waals surface area contributed by atoms with Crippen LogP contribution >= 0.6 is 0 Å². The molecular weight excluding hydrogens is 262 g/mol. The Morgan fingerprint density at radius 1 is 0.905 bits per heavy atom. The van der Waals surface area contributed by atoms with E-state index < -0.39 is 5.91 Å². The smallest absolute Gasteiger partial charge is 0.248 e.